The molecule has 0 saturated heterocycles. The normalized spacial score (nSPS) is 10.4. The fourth-order valence-corrected chi connectivity index (χ4v) is 2.31. The first-order valence-electron chi connectivity index (χ1n) is 5.68. The number of halogens is 2. The van der Waals surface area contributed by atoms with Gasteiger partial charge in [0.1, 0.15) is 6.54 Å². The number of nitrogens with one attached hydrogen (secondary N) is 1. The molecule has 7 nitrogen and oxygen atoms in total. The van der Waals surface area contributed by atoms with Gasteiger partial charge >= 0.3 is 17.8 Å². The Kier molecular flexibility index (Phi) is 4.44. The number of benzene rings is 1. The van der Waals surface area contributed by atoms with Crippen LogP contribution in [0.25, 0.3) is 11.4 Å². The van der Waals surface area contributed by atoms with Gasteiger partial charge in [0.25, 0.3) is 0 Å². The molecular weight excluding hydrogens is 321 g/mol. The third-order valence-corrected chi connectivity index (χ3v) is 3.01. The van der Waals surface area contributed by atoms with Gasteiger partial charge in [-0.15, -0.1) is 0 Å². The number of aryl methyl sites for hydroxylation is 1. The highest BCUT2D eigenvalue weighted by Crippen LogP contribution is 2.32. The summed E-state index contributed by atoms with van der Waals surface area (Å²) in [6.45, 7) is 1.21. The highest BCUT2D eigenvalue weighted by molar-refractivity contribution is 6.36. The number of carboxylic acids is 1. The van der Waals surface area contributed by atoms with Crippen LogP contribution in [0.1, 0.15) is 16.2 Å². The molecule has 110 valence electrons. The molecule has 9 heteroatoms. The molecule has 2 rings (SSSR count). The lowest BCUT2D eigenvalue weighted by atomic mass is 10.1. The number of carbonyl (C=O) groups excluding carboxylic acids is 1. The van der Waals surface area contributed by atoms with Crippen LogP contribution in [0.5, 0.6) is 0 Å². The molecule has 1 heterocycles. The fourth-order valence-electron chi connectivity index (χ4n) is 1.63. The second-order valence-corrected chi connectivity index (χ2v) is 4.92. The van der Waals surface area contributed by atoms with Gasteiger partial charge in [-0.3, -0.25) is 9.59 Å². The van der Waals surface area contributed by atoms with E-state index in [2.05, 4.69) is 15.5 Å². The van der Waals surface area contributed by atoms with Crippen molar-refractivity contribution in [2.75, 3.05) is 6.54 Å². The highest BCUT2D eigenvalue weighted by Gasteiger charge is 2.19. The van der Waals surface area contributed by atoms with Crippen LogP contribution in [-0.4, -0.2) is 33.7 Å². The molecule has 0 spiro atoms. The van der Waals surface area contributed by atoms with E-state index >= 15 is 0 Å². The number of aromatic nitrogens is 2. The van der Waals surface area contributed by atoms with Gasteiger partial charge in [-0.05, 0) is 24.6 Å². The van der Waals surface area contributed by atoms with E-state index in [1.165, 1.54) is 6.07 Å². The zero-order chi connectivity index (χ0) is 15.6. The second kappa shape index (κ2) is 6.11. The SMILES string of the molecule is Cc1cc(Cl)cc(Cl)c1-c1noc(C(=O)NCC(=O)O)n1. The minimum Gasteiger partial charge on any atom is -0.480 e. The molecule has 0 aliphatic rings. The Labute approximate surface area is 128 Å². The predicted molar refractivity (Wildman–Crippen MR) is 74.5 cm³/mol. The maximum absolute atomic E-state index is 11.6. The smallest absolute Gasteiger partial charge is 0.322 e. The summed E-state index contributed by atoms with van der Waals surface area (Å²) in [6.07, 6.45) is 0. The molecule has 0 saturated carbocycles. The van der Waals surface area contributed by atoms with Crippen molar-refractivity contribution < 1.29 is 19.2 Å². The number of amides is 1. The molecule has 1 aromatic carbocycles. The van der Waals surface area contributed by atoms with Crippen LogP contribution in [0.3, 0.4) is 0 Å². The van der Waals surface area contributed by atoms with E-state index in [4.69, 9.17) is 32.8 Å². The molecule has 0 aliphatic heterocycles. The van der Waals surface area contributed by atoms with E-state index in [9.17, 15) is 9.59 Å². The van der Waals surface area contributed by atoms with E-state index in [-0.39, 0.29) is 11.7 Å². The summed E-state index contributed by atoms with van der Waals surface area (Å²) in [5.74, 6) is -2.19. The topological polar surface area (TPSA) is 105 Å². The molecule has 2 aromatic rings. The van der Waals surface area contributed by atoms with Crippen molar-refractivity contribution in [2.24, 2.45) is 0 Å². The fraction of sp³-hybridized carbons (Fsp3) is 0.167. The summed E-state index contributed by atoms with van der Waals surface area (Å²) in [7, 11) is 0. The van der Waals surface area contributed by atoms with Crippen molar-refractivity contribution >= 4 is 35.1 Å². The number of hydrogen-bond acceptors (Lipinski definition) is 5. The van der Waals surface area contributed by atoms with E-state index in [1.807, 2.05) is 0 Å². The lowest BCUT2D eigenvalue weighted by Crippen LogP contribution is -2.29. The van der Waals surface area contributed by atoms with Crippen LogP contribution >= 0.6 is 23.2 Å². The summed E-state index contributed by atoms with van der Waals surface area (Å²) >= 11 is 11.9. The van der Waals surface area contributed by atoms with Gasteiger partial charge < -0.3 is 14.9 Å². The molecule has 0 atom stereocenters. The summed E-state index contributed by atoms with van der Waals surface area (Å²) in [5.41, 5.74) is 1.20. The lowest BCUT2D eigenvalue weighted by Gasteiger charge is -2.04. The van der Waals surface area contributed by atoms with E-state index in [1.54, 1.807) is 13.0 Å². The molecule has 21 heavy (non-hydrogen) atoms. The standard InChI is InChI=1S/C12H9Cl2N3O4/c1-5-2-6(13)3-7(14)9(5)10-16-12(21-17-10)11(20)15-4-8(18)19/h2-3H,4H2,1H3,(H,15,20)(H,18,19). The van der Waals surface area contributed by atoms with Crippen LogP contribution in [0.4, 0.5) is 0 Å². The van der Waals surface area contributed by atoms with E-state index in [0.29, 0.717) is 21.2 Å². The highest BCUT2D eigenvalue weighted by atomic mass is 35.5. The van der Waals surface area contributed by atoms with Crippen molar-refractivity contribution in [1.29, 1.82) is 0 Å². The molecule has 1 amide bonds. The number of nitrogens with zero attached hydrogens (tertiary/aromatic N) is 2. The largest absolute Gasteiger partial charge is 0.480 e. The molecule has 0 unspecified atom stereocenters. The van der Waals surface area contributed by atoms with Crippen molar-refractivity contribution in [3.05, 3.63) is 33.6 Å². The number of aliphatic carboxylic acids is 1. The third-order valence-electron chi connectivity index (χ3n) is 2.50. The monoisotopic (exact) mass is 329 g/mol. The summed E-state index contributed by atoms with van der Waals surface area (Å²) in [5, 5.41) is 15.0. The Morgan fingerprint density at radius 1 is 1.38 bits per heavy atom. The summed E-state index contributed by atoms with van der Waals surface area (Å²) in [6, 6.07) is 3.19. The Hall–Kier alpha value is -2.12. The second-order valence-electron chi connectivity index (χ2n) is 4.08. The molecular formula is C12H9Cl2N3O4. The average Bonchev–Trinajstić information content (AvgIpc) is 2.84. The molecule has 1 aromatic heterocycles. The summed E-state index contributed by atoms with van der Waals surface area (Å²) < 4.78 is 4.80. The van der Waals surface area contributed by atoms with Crippen molar-refractivity contribution in [1.82, 2.24) is 15.5 Å². The first-order chi connectivity index (χ1) is 9.88. The van der Waals surface area contributed by atoms with Crippen LogP contribution < -0.4 is 5.32 Å². The van der Waals surface area contributed by atoms with Gasteiger partial charge in [0.15, 0.2) is 0 Å². The van der Waals surface area contributed by atoms with Crippen LogP contribution in [0.2, 0.25) is 10.0 Å². The van der Waals surface area contributed by atoms with Gasteiger partial charge in [-0.1, -0.05) is 28.4 Å². The number of rotatable bonds is 4. The van der Waals surface area contributed by atoms with Gasteiger partial charge in [-0.25, -0.2) is 0 Å². The van der Waals surface area contributed by atoms with Crippen molar-refractivity contribution in [3.8, 4) is 11.4 Å². The molecule has 0 aliphatic carbocycles. The molecule has 0 bridgehead atoms. The van der Waals surface area contributed by atoms with Crippen molar-refractivity contribution in [2.45, 2.75) is 6.92 Å². The van der Waals surface area contributed by atoms with Gasteiger partial charge in [0, 0.05) is 10.6 Å². The minimum atomic E-state index is -1.18. The number of carboxylic acid groups (broad SMARTS) is 1. The predicted octanol–water partition coefficient (Wildman–Crippen LogP) is 2.17. The zero-order valence-electron chi connectivity index (χ0n) is 10.7. The Morgan fingerprint density at radius 2 is 2.10 bits per heavy atom. The number of carbonyl (C=O) groups is 2. The quantitative estimate of drug-likeness (QED) is 0.890. The first kappa shape index (κ1) is 15.3. The Morgan fingerprint density at radius 3 is 2.71 bits per heavy atom. The first-order valence-corrected chi connectivity index (χ1v) is 6.44. The number of hydrogen-bond donors (Lipinski definition) is 2. The molecule has 0 radical (unpaired) electrons. The van der Waals surface area contributed by atoms with E-state index < -0.39 is 18.4 Å². The molecule has 2 N–H and O–H groups in total. The minimum absolute atomic E-state index is 0.120. The maximum atomic E-state index is 11.6. The van der Waals surface area contributed by atoms with Crippen molar-refractivity contribution in [3.63, 3.8) is 0 Å². The maximum Gasteiger partial charge on any atom is 0.322 e. The van der Waals surface area contributed by atoms with Gasteiger partial charge in [0.05, 0.1) is 5.02 Å². The lowest BCUT2D eigenvalue weighted by molar-refractivity contribution is -0.135. The van der Waals surface area contributed by atoms with Gasteiger partial charge in [-0.2, -0.15) is 4.98 Å². The average molecular weight is 330 g/mol. The van der Waals surface area contributed by atoms with E-state index in [0.717, 1.165) is 0 Å². The van der Waals surface area contributed by atoms with Gasteiger partial charge in [0.2, 0.25) is 5.82 Å². The molecule has 0 fully saturated rings. The third kappa shape index (κ3) is 3.50. The van der Waals surface area contributed by atoms with Crippen LogP contribution in [-0.2, 0) is 4.79 Å². The van der Waals surface area contributed by atoms with Crippen LogP contribution in [0.15, 0.2) is 16.7 Å². The zero-order valence-corrected chi connectivity index (χ0v) is 12.2. The summed E-state index contributed by atoms with van der Waals surface area (Å²) in [4.78, 5) is 25.9. The Balaban J connectivity index is 2.28. The Bertz CT molecular complexity index is 691. The van der Waals surface area contributed by atoms with Crippen LogP contribution in [0, 0.1) is 6.92 Å².